The minimum atomic E-state index is -1.91. The molecule has 4 aliphatic rings. The fourth-order valence-corrected chi connectivity index (χ4v) is 13.1. The smallest absolute Gasteiger partial charge is 0.157 e. The van der Waals surface area contributed by atoms with Gasteiger partial charge in [-0.2, -0.15) is 0 Å². The molecule has 0 spiro atoms. The number of hydrogen-bond acceptors (Lipinski definition) is 3. The lowest BCUT2D eigenvalue weighted by Gasteiger charge is -2.44. The Bertz CT molecular complexity index is 2420. The highest BCUT2D eigenvalue weighted by Gasteiger charge is 2.49. The highest BCUT2D eigenvalue weighted by molar-refractivity contribution is 7.00. The van der Waals surface area contributed by atoms with Gasteiger partial charge in [0, 0.05) is 32.6 Å². The molecule has 0 bridgehead atoms. The van der Waals surface area contributed by atoms with Crippen LogP contribution in [0, 0.1) is 13.8 Å². The predicted octanol–water partition coefficient (Wildman–Crippen LogP) is 8.91. The van der Waals surface area contributed by atoms with Crippen molar-refractivity contribution in [1.82, 2.24) is 0 Å². The highest BCUT2D eigenvalue weighted by atomic mass is 28.3. The normalized spacial score (nSPS) is 15.1. The molecule has 11 rings (SSSR count). The fourth-order valence-electron chi connectivity index (χ4n) is 9.24. The predicted molar refractivity (Wildman–Crippen MR) is 201 cm³/mol. The number of rotatable bonds is 3. The summed E-state index contributed by atoms with van der Waals surface area (Å²) in [5, 5.41) is 3.97. The van der Waals surface area contributed by atoms with Gasteiger partial charge in [0.2, 0.25) is 0 Å². The molecule has 0 unspecified atom stereocenters. The molecule has 0 fully saturated rings. The Morgan fingerprint density at radius 3 is 1.65 bits per heavy atom. The van der Waals surface area contributed by atoms with Crippen LogP contribution >= 0.6 is 0 Å². The Labute approximate surface area is 287 Å². The van der Waals surface area contributed by atoms with Crippen molar-refractivity contribution in [2.45, 2.75) is 19.3 Å². The maximum Gasteiger partial charge on any atom is 0.157 e. The van der Waals surface area contributed by atoms with Crippen LogP contribution in [0.4, 0.5) is 17.1 Å². The first-order chi connectivity index (χ1) is 24.1. The molecule has 3 aliphatic heterocycles. The van der Waals surface area contributed by atoms with Crippen LogP contribution < -0.4 is 29.9 Å². The molecule has 0 N–H and O–H groups in total. The minimum absolute atomic E-state index is 0.430. The second kappa shape index (κ2) is 9.62. The maximum absolute atomic E-state index is 6.77. The van der Waals surface area contributed by atoms with Gasteiger partial charge in [-0.05, 0) is 94.8 Å². The van der Waals surface area contributed by atoms with Gasteiger partial charge >= 0.3 is 0 Å². The average molecular weight is 646 g/mol. The van der Waals surface area contributed by atoms with E-state index in [1.807, 2.05) is 0 Å². The van der Waals surface area contributed by atoms with Crippen LogP contribution in [0.3, 0.4) is 0 Å². The average Bonchev–Trinajstić information content (AvgIpc) is 3.45. The first kappa shape index (κ1) is 27.1. The van der Waals surface area contributed by atoms with Crippen molar-refractivity contribution in [1.29, 1.82) is 0 Å². The molecular weight excluding hydrogens is 615 g/mol. The summed E-state index contributed by atoms with van der Waals surface area (Å²) < 4.78 is 13.5. The number of nitrogens with zero attached hydrogens (tertiary/aromatic N) is 1. The number of benzene rings is 7. The van der Waals surface area contributed by atoms with Gasteiger partial charge in [0.05, 0.1) is 5.41 Å². The lowest BCUT2D eigenvalue weighted by atomic mass is 9.68. The van der Waals surface area contributed by atoms with Crippen LogP contribution in [-0.4, -0.2) is 8.80 Å². The number of aryl methyl sites for hydroxylation is 2. The molecule has 7 aromatic carbocycles. The molecule has 232 valence electrons. The zero-order chi connectivity index (χ0) is 32.4. The molecule has 3 nitrogen and oxygen atoms in total. The third-order valence-corrected chi connectivity index (χ3v) is 14.7. The fraction of sp³-hybridized carbons (Fsp3) is 0.0667. The van der Waals surface area contributed by atoms with E-state index in [1.54, 1.807) is 0 Å². The number of ether oxygens (including phenoxy) is 2. The molecule has 49 heavy (non-hydrogen) atoms. The molecule has 7 aromatic rings. The summed E-state index contributed by atoms with van der Waals surface area (Å²) in [6.07, 6.45) is 0. The molecule has 4 heteroatoms. The van der Waals surface area contributed by atoms with Crippen molar-refractivity contribution < 1.29 is 9.47 Å². The van der Waals surface area contributed by atoms with Crippen molar-refractivity contribution in [2.24, 2.45) is 0 Å². The van der Waals surface area contributed by atoms with E-state index in [1.165, 1.54) is 71.4 Å². The zero-order valence-corrected chi connectivity index (χ0v) is 28.4. The third kappa shape index (κ3) is 3.36. The van der Waals surface area contributed by atoms with Crippen LogP contribution in [0.1, 0.15) is 33.4 Å². The van der Waals surface area contributed by atoms with Crippen LogP contribution in [0.25, 0.3) is 11.1 Å². The number of fused-ring (bicyclic) bond motifs is 3. The number of hydrogen-bond donors (Lipinski definition) is 0. The summed E-state index contributed by atoms with van der Waals surface area (Å²) in [5.41, 5.74) is 13.2. The van der Waals surface area contributed by atoms with Gasteiger partial charge in [0.15, 0.2) is 8.80 Å². The first-order valence-electron chi connectivity index (χ1n) is 17.1. The molecule has 0 saturated heterocycles. The summed E-state index contributed by atoms with van der Waals surface area (Å²) in [6, 6.07) is 53.5. The summed E-state index contributed by atoms with van der Waals surface area (Å²) in [5.74, 6) is 3.92. The molecule has 0 atom stereocenters. The van der Waals surface area contributed by atoms with Gasteiger partial charge in [0.1, 0.15) is 23.0 Å². The Morgan fingerprint density at radius 1 is 0.490 bits per heavy atom. The van der Waals surface area contributed by atoms with E-state index in [4.69, 9.17) is 9.47 Å². The van der Waals surface area contributed by atoms with Crippen molar-refractivity contribution in [2.75, 3.05) is 4.90 Å². The van der Waals surface area contributed by atoms with Crippen molar-refractivity contribution in [3.8, 4) is 34.1 Å². The Hall–Kier alpha value is -5.84. The van der Waals surface area contributed by atoms with Gasteiger partial charge < -0.3 is 14.4 Å². The molecule has 0 amide bonds. The number of anilines is 3. The van der Waals surface area contributed by atoms with Crippen molar-refractivity contribution in [3.05, 3.63) is 179 Å². The van der Waals surface area contributed by atoms with E-state index in [-0.39, 0.29) is 0 Å². The maximum atomic E-state index is 6.77. The molecule has 0 aromatic heterocycles. The topological polar surface area (TPSA) is 21.7 Å². The van der Waals surface area contributed by atoms with E-state index in [9.17, 15) is 0 Å². The summed E-state index contributed by atoms with van der Waals surface area (Å²) in [7, 11) is -1.91. The molecular formula is C45H31NO2Si. The van der Waals surface area contributed by atoms with Gasteiger partial charge in [-0.3, -0.25) is 0 Å². The van der Waals surface area contributed by atoms with E-state index in [0.717, 1.165) is 28.7 Å². The van der Waals surface area contributed by atoms with Crippen LogP contribution in [0.5, 0.6) is 23.0 Å². The second-order valence-corrected chi connectivity index (χ2v) is 16.3. The minimum Gasteiger partial charge on any atom is -0.457 e. The van der Waals surface area contributed by atoms with Crippen LogP contribution in [-0.2, 0) is 5.41 Å². The Balaban J connectivity index is 1.20. The molecule has 0 radical (unpaired) electrons. The van der Waals surface area contributed by atoms with E-state index < -0.39 is 14.2 Å². The van der Waals surface area contributed by atoms with Crippen LogP contribution in [0.15, 0.2) is 146 Å². The van der Waals surface area contributed by atoms with E-state index >= 15 is 0 Å². The third-order valence-electron chi connectivity index (χ3n) is 11.2. The summed E-state index contributed by atoms with van der Waals surface area (Å²) >= 11 is 0. The van der Waals surface area contributed by atoms with Gasteiger partial charge in [-0.15, -0.1) is 0 Å². The largest absolute Gasteiger partial charge is 0.457 e. The quantitative estimate of drug-likeness (QED) is 0.179. The lowest BCUT2D eigenvalue weighted by molar-refractivity contribution is 0.460. The lowest BCUT2D eigenvalue weighted by Crippen LogP contribution is -2.61. The monoisotopic (exact) mass is 645 g/mol. The van der Waals surface area contributed by atoms with Crippen molar-refractivity contribution >= 4 is 41.4 Å². The van der Waals surface area contributed by atoms with E-state index in [0.29, 0.717) is 0 Å². The molecule has 1 aliphatic carbocycles. The van der Waals surface area contributed by atoms with Gasteiger partial charge in [-0.25, -0.2) is 0 Å². The zero-order valence-electron chi connectivity index (χ0n) is 27.2. The molecule has 3 heterocycles. The Kier molecular flexibility index (Phi) is 5.33. The second-order valence-electron chi connectivity index (χ2n) is 13.7. The summed E-state index contributed by atoms with van der Waals surface area (Å²) in [4.78, 5) is 2.47. The van der Waals surface area contributed by atoms with Gasteiger partial charge in [0.25, 0.3) is 0 Å². The summed E-state index contributed by atoms with van der Waals surface area (Å²) in [6.45, 7) is 4.35. The standard InChI is InChI=1S/C45H31NO2Si/c1-27-20-24-36-42-40(27)47-38-18-11-19-39-44(38)49(42)43-37(25-21-28(2)41(43)48-39)46(36)31-22-23-35-33(26-31)32-16-9-10-17-34(32)45(35,29-12-5-3-6-13-29)30-14-7-4-8-15-30/h3-26,49H,1-2H3. The highest BCUT2D eigenvalue weighted by Crippen LogP contribution is 2.57. The van der Waals surface area contributed by atoms with Gasteiger partial charge in [-0.1, -0.05) is 109 Å². The Morgan fingerprint density at radius 2 is 1.04 bits per heavy atom. The first-order valence-corrected chi connectivity index (χ1v) is 18.8. The SMILES string of the molecule is Cc1ccc2c3c1Oc1cccc4c1[SiH]3c1c(ccc(C)c1O4)N2c1ccc2c(c1)-c1ccccc1C2(c1ccccc1)c1ccccc1. The molecule has 0 saturated carbocycles. The van der Waals surface area contributed by atoms with Crippen LogP contribution in [0.2, 0.25) is 0 Å². The van der Waals surface area contributed by atoms with E-state index in [2.05, 4.69) is 164 Å². The van der Waals surface area contributed by atoms with Crippen molar-refractivity contribution in [3.63, 3.8) is 0 Å².